The zero-order chi connectivity index (χ0) is 17.4. The molecule has 2 rings (SSSR count). The summed E-state index contributed by atoms with van der Waals surface area (Å²) in [6, 6.07) is 7.51. The molecule has 0 saturated heterocycles. The molecule has 0 aromatic heterocycles. The number of carbonyl (C=O) groups is 2. The van der Waals surface area contributed by atoms with Gasteiger partial charge in [-0.05, 0) is 31.7 Å². The predicted octanol–water partition coefficient (Wildman–Crippen LogP) is 2.29. The third-order valence-corrected chi connectivity index (χ3v) is 4.13. The highest BCUT2D eigenvalue weighted by Crippen LogP contribution is 2.26. The Morgan fingerprint density at radius 2 is 1.88 bits per heavy atom. The van der Waals surface area contributed by atoms with E-state index in [4.69, 9.17) is 4.74 Å². The smallest absolute Gasteiger partial charge is 0.315 e. The van der Waals surface area contributed by atoms with Gasteiger partial charge in [-0.15, -0.1) is 0 Å². The first-order valence-electron chi connectivity index (χ1n) is 8.52. The molecule has 1 aromatic rings. The van der Waals surface area contributed by atoms with Gasteiger partial charge in [0.15, 0.2) is 0 Å². The number of rotatable bonds is 7. The average Bonchev–Trinajstić information content (AvgIpc) is 3.07. The van der Waals surface area contributed by atoms with Gasteiger partial charge in [-0.2, -0.15) is 0 Å². The summed E-state index contributed by atoms with van der Waals surface area (Å²) in [6.45, 7) is 0.722. The lowest BCUT2D eigenvalue weighted by Gasteiger charge is -2.17. The first-order valence-corrected chi connectivity index (χ1v) is 8.52. The number of urea groups is 1. The van der Waals surface area contributed by atoms with E-state index < -0.39 is 0 Å². The lowest BCUT2D eigenvalue weighted by molar-refractivity contribution is -0.128. The van der Waals surface area contributed by atoms with Gasteiger partial charge in [0.1, 0.15) is 5.75 Å². The quantitative estimate of drug-likeness (QED) is 0.804. The van der Waals surface area contributed by atoms with Crippen LogP contribution in [0.2, 0.25) is 0 Å². The topological polar surface area (TPSA) is 70.7 Å². The molecule has 0 atom stereocenters. The molecule has 1 saturated carbocycles. The van der Waals surface area contributed by atoms with Gasteiger partial charge in [0.05, 0.1) is 6.10 Å². The number of carbonyl (C=O) groups excluding carboxylic acids is 2. The number of ether oxygens (including phenoxy) is 1. The Labute approximate surface area is 143 Å². The fraction of sp³-hybridized carbons (Fsp3) is 0.556. The largest absolute Gasteiger partial charge is 0.490 e. The molecular formula is C18H27N3O3. The van der Waals surface area contributed by atoms with E-state index in [1.807, 2.05) is 24.3 Å². The van der Waals surface area contributed by atoms with E-state index in [9.17, 15) is 9.59 Å². The summed E-state index contributed by atoms with van der Waals surface area (Å²) in [6.07, 6.45) is 5.22. The summed E-state index contributed by atoms with van der Waals surface area (Å²) in [4.78, 5) is 24.8. The molecule has 6 nitrogen and oxygen atoms in total. The van der Waals surface area contributed by atoms with Crippen LogP contribution in [0.15, 0.2) is 24.3 Å². The number of hydrogen-bond donors (Lipinski definition) is 2. The summed E-state index contributed by atoms with van der Waals surface area (Å²) < 4.78 is 6.06. The van der Waals surface area contributed by atoms with Crippen molar-refractivity contribution in [2.24, 2.45) is 0 Å². The first-order chi connectivity index (χ1) is 11.6. The summed E-state index contributed by atoms with van der Waals surface area (Å²) in [5.74, 6) is 0.832. The van der Waals surface area contributed by atoms with Gasteiger partial charge >= 0.3 is 6.03 Å². The third-order valence-electron chi connectivity index (χ3n) is 4.13. The Bertz CT molecular complexity index is 554. The van der Waals surface area contributed by atoms with E-state index in [-0.39, 0.29) is 18.0 Å². The SMILES string of the molecule is CN(C)C(=O)CCNC(=O)NCc1ccccc1OC1CCCC1. The fourth-order valence-electron chi connectivity index (χ4n) is 2.70. The number of nitrogens with one attached hydrogen (secondary N) is 2. The number of para-hydroxylation sites is 1. The lowest BCUT2D eigenvalue weighted by atomic mass is 10.2. The molecule has 0 radical (unpaired) electrons. The third kappa shape index (κ3) is 5.76. The molecule has 24 heavy (non-hydrogen) atoms. The normalized spacial score (nSPS) is 14.2. The van der Waals surface area contributed by atoms with Gasteiger partial charge in [-0.25, -0.2) is 4.79 Å². The van der Waals surface area contributed by atoms with Gasteiger partial charge in [0, 0.05) is 39.2 Å². The molecule has 0 spiro atoms. The van der Waals surface area contributed by atoms with Crippen LogP contribution in [0.4, 0.5) is 4.79 Å². The molecule has 1 aliphatic rings. The van der Waals surface area contributed by atoms with E-state index in [0.29, 0.717) is 19.5 Å². The minimum atomic E-state index is -0.280. The number of hydrogen-bond acceptors (Lipinski definition) is 3. The van der Waals surface area contributed by atoms with Crippen LogP contribution in [0, 0.1) is 0 Å². The highest BCUT2D eigenvalue weighted by Gasteiger charge is 2.17. The Morgan fingerprint density at radius 3 is 2.58 bits per heavy atom. The van der Waals surface area contributed by atoms with Gasteiger partial charge in [0.2, 0.25) is 5.91 Å². The van der Waals surface area contributed by atoms with Crippen LogP contribution in [0.5, 0.6) is 5.75 Å². The molecular weight excluding hydrogens is 306 g/mol. The summed E-state index contributed by atoms with van der Waals surface area (Å²) >= 11 is 0. The molecule has 3 amide bonds. The van der Waals surface area contributed by atoms with Crippen molar-refractivity contribution < 1.29 is 14.3 Å². The van der Waals surface area contributed by atoms with Gasteiger partial charge in [-0.1, -0.05) is 18.2 Å². The van der Waals surface area contributed by atoms with Crippen molar-refractivity contribution in [2.45, 2.75) is 44.8 Å². The number of benzene rings is 1. The van der Waals surface area contributed by atoms with Crippen molar-refractivity contribution in [1.82, 2.24) is 15.5 Å². The monoisotopic (exact) mass is 333 g/mol. The van der Waals surface area contributed by atoms with Crippen LogP contribution in [0.3, 0.4) is 0 Å². The van der Waals surface area contributed by atoms with E-state index in [1.54, 1.807) is 14.1 Å². The Hall–Kier alpha value is -2.24. The van der Waals surface area contributed by atoms with Crippen molar-refractivity contribution >= 4 is 11.9 Å². The van der Waals surface area contributed by atoms with Crippen molar-refractivity contribution in [2.75, 3.05) is 20.6 Å². The Kier molecular flexibility index (Phi) is 6.90. The van der Waals surface area contributed by atoms with Crippen molar-refractivity contribution in [3.8, 4) is 5.75 Å². The van der Waals surface area contributed by atoms with Gasteiger partial charge < -0.3 is 20.3 Å². The van der Waals surface area contributed by atoms with Crippen molar-refractivity contribution in [3.05, 3.63) is 29.8 Å². The molecule has 1 aromatic carbocycles. The zero-order valence-electron chi connectivity index (χ0n) is 14.5. The molecule has 6 heteroatoms. The molecule has 0 bridgehead atoms. The van der Waals surface area contributed by atoms with Crippen LogP contribution in [0.25, 0.3) is 0 Å². The van der Waals surface area contributed by atoms with E-state index >= 15 is 0 Å². The predicted molar refractivity (Wildman–Crippen MR) is 92.9 cm³/mol. The second kappa shape index (κ2) is 9.15. The maximum absolute atomic E-state index is 11.8. The zero-order valence-corrected chi connectivity index (χ0v) is 14.5. The van der Waals surface area contributed by atoms with E-state index in [0.717, 1.165) is 24.2 Å². The van der Waals surface area contributed by atoms with E-state index in [2.05, 4.69) is 10.6 Å². The molecule has 0 heterocycles. The van der Waals surface area contributed by atoms with Gasteiger partial charge in [-0.3, -0.25) is 4.79 Å². The first kappa shape index (κ1) is 18.1. The van der Waals surface area contributed by atoms with Crippen LogP contribution < -0.4 is 15.4 Å². The van der Waals surface area contributed by atoms with E-state index in [1.165, 1.54) is 17.7 Å². The van der Waals surface area contributed by atoms with Crippen LogP contribution in [0.1, 0.15) is 37.7 Å². The molecule has 132 valence electrons. The maximum Gasteiger partial charge on any atom is 0.315 e. The molecule has 0 aliphatic heterocycles. The molecule has 1 aliphatic carbocycles. The van der Waals surface area contributed by atoms with Gasteiger partial charge in [0.25, 0.3) is 0 Å². The maximum atomic E-state index is 11.8. The highest BCUT2D eigenvalue weighted by molar-refractivity contribution is 5.77. The average molecular weight is 333 g/mol. The molecule has 1 fully saturated rings. The second-order valence-corrected chi connectivity index (χ2v) is 6.28. The minimum Gasteiger partial charge on any atom is -0.490 e. The van der Waals surface area contributed by atoms with Crippen molar-refractivity contribution in [3.63, 3.8) is 0 Å². The number of nitrogens with zero attached hydrogens (tertiary/aromatic N) is 1. The standard InChI is InChI=1S/C18H27N3O3/c1-21(2)17(22)11-12-19-18(23)20-13-14-7-3-6-10-16(14)24-15-8-4-5-9-15/h3,6-7,10,15H,4-5,8-9,11-13H2,1-2H3,(H2,19,20,23). The Balaban J connectivity index is 1.76. The van der Waals surface area contributed by atoms with Crippen LogP contribution in [-0.2, 0) is 11.3 Å². The van der Waals surface area contributed by atoms with Crippen LogP contribution >= 0.6 is 0 Å². The van der Waals surface area contributed by atoms with Crippen molar-refractivity contribution in [1.29, 1.82) is 0 Å². The number of amides is 3. The molecule has 0 unspecified atom stereocenters. The minimum absolute atomic E-state index is 0.00870. The summed E-state index contributed by atoms with van der Waals surface area (Å²) in [5, 5.41) is 5.51. The lowest BCUT2D eigenvalue weighted by Crippen LogP contribution is -2.37. The Morgan fingerprint density at radius 1 is 1.17 bits per heavy atom. The second-order valence-electron chi connectivity index (χ2n) is 6.28. The summed E-state index contributed by atoms with van der Waals surface area (Å²) in [7, 11) is 3.40. The summed E-state index contributed by atoms with van der Waals surface area (Å²) in [5.41, 5.74) is 0.962. The highest BCUT2D eigenvalue weighted by atomic mass is 16.5. The molecule has 2 N–H and O–H groups in total. The fourth-order valence-corrected chi connectivity index (χ4v) is 2.70. The van der Waals surface area contributed by atoms with Crippen LogP contribution in [-0.4, -0.2) is 43.6 Å².